The van der Waals surface area contributed by atoms with E-state index >= 15 is 0 Å². The molecule has 164 valence electrons. The largest absolute Gasteiger partial charge is 0.454 e. The lowest BCUT2D eigenvalue weighted by atomic mass is 9.91. The number of fused-ring (bicyclic) bond motifs is 2. The smallest absolute Gasteiger partial charge is 0.240 e. The van der Waals surface area contributed by atoms with Crippen LogP contribution in [-0.2, 0) is 24.2 Å². The third kappa shape index (κ3) is 4.42. The van der Waals surface area contributed by atoms with Gasteiger partial charge in [0.05, 0.1) is 6.04 Å². The zero-order chi connectivity index (χ0) is 21.2. The number of hydrogen-bond donors (Lipinski definition) is 0. The Morgan fingerprint density at radius 3 is 2.65 bits per heavy atom. The lowest BCUT2D eigenvalue weighted by Crippen LogP contribution is -2.53. The predicted octanol–water partition coefficient (Wildman–Crippen LogP) is 4.03. The molecular formula is C26H32N2O3. The Morgan fingerprint density at radius 2 is 1.81 bits per heavy atom. The van der Waals surface area contributed by atoms with E-state index in [1.54, 1.807) is 0 Å². The molecule has 0 aromatic heterocycles. The Balaban J connectivity index is 1.31. The van der Waals surface area contributed by atoms with Crippen molar-refractivity contribution < 1.29 is 14.3 Å². The van der Waals surface area contributed by atoms with Crippen LogP contribution in [0.4, 0.5) is 0 Å². The van der Waals surface area contributed by atoms with Gasteiger partial charge in [-0.2, -0.15) is 0 Å². The van der Waals surface area contributed by atoms with E-state index in [1.165, 1.54) is 23.1 Å². The number of carbonyl (C=O) groups is 1. The molecule has 2 aromatic carbocycles. The van der Waals surface area contributed by atoms with E-state index in [-0.39, 0.29) is 6.04 Å². The van der Waals surface area contributed by atoms with Gasteiger partial charge in [0.25, 0.3) is 0 Å². The summed E-state index contributed by atoms with van der Waals surface area (Å²) in [5.41, 5.74) is 3.95. The molecule has 3 aliphatic rings. The minimum absolute atomic E-state index is 0.0489. The number of nitrogens with zero attached hydrogens (tertiary/aromatic N) is 2. The summed E-state index contributed by atoms with van der Waals surface area (Å²) in [6.07, 6.45) is 5.29. The third-order valence-corrected chi connectivity index (χ3v) is 6.87. The molecule has 0 saturated carbocycles. The summed E-state index contributed by atoms with van der Waals surface area (Å²) < 4.78 is 11.0. The fourth-order valence-corrected chi connectivity index (χ4v) is 5.27. The first-order valence-electron chi connectivity index (χ1n) is 11.7. The summed E-state index contributed by atoms with van der Waals surface area (Å²) >= 11 is 0. The molecule has 3 heterocycles. The number of piperidine rings is 1. The highest BCUT2D eigenvalue weighted by Gasteiger charge is 2.35. The second-order valence-electron chi connectivity index (χ2n) is 9.30. The Labute approximate surface area is 184 Å². The van der Waals surface area contributed by atoms with Crippen molar-refractivity contribution in [1.82, 2.24) is 9.80 Å². The topological polar surface area (TPSA) is 42.0 Å². The van der Waals surface area contributed by atoms with Crippen LogP contribution in [0, 0.1) is 5.92 Å². The van der Waals surface area contributed by atoms with Gasteiger partial charge in [-0.15, -0.1) is 0 Å². The number of amides is 1. The van der Waals surface area contributed by atoms with E-state index in [0.717, 1.165) is 63.4 Å². The number of rotatable bonds is 5. The van der Waals surface area contributed by atoms with E-state index in [1.807, 2.05) is 6.07 Å². The molecule has 0 N–H and O–H groups in total. The molecule has 2 unspecified atom stereocenters. The third-order valence-electron chi connectivity index (χ3n) is 6.87. The van der Waals surface area contributed by atoms with E-state index in [2.05, 4.69) is 53.1 Å². The maximum absolute atomic E-state index is 13.5. The normalized spacial score (nSPS) is 21.6. The van der Waals surface area contributed by atoms with Gasteiger partial charge in [0.15, 0.2) is 11.5 Å². The number of carbonyl (C=O) groups excluding carboxylic acids is 1. The molecule has 2 aromatic rings. The fourth-order valence-electron chi connectivity index (χ4n) is 5.27. The zero-order valence-electron chi connectivity index (χ0n) is 18.4. The van der Waals surface area contributed by atoms with E-state index < -0.39 is 0 Å². The van der Waals surface area contributed by atoms with E-state index in [4.69, 9.17) is 9.47 Å². The second-order valence-corrected chi connectivity index (χ2v) is 9.30. The quantitative estimate of drug-likeness (QED) is 0.732. The van der Waals surface area contributed by atoms with Crippen LogP contribution in [0.5, 0.6) is 11.5 Å². The Hall–Kier alpha value is -2.53. The maximum Gasteiger partial charge on any atom is 0.240 e. The Morgan fingerprint density at radius 1 is 1.03 bits per heavy atom. The molecule has 5 nitrogen and oxygen atoms in total. The number of ether oxygens (including phenoxy) is 2. The lowest BCUT2D eigenvalue weighted by molar-refractivity contribution is -0.138. The van der Waals surface area contributed by atoms with Crippen LogP contribution in [0.1, 0.15) is 42.9 Å². The SMILES string of the molecule is CC(Cc1ccc2c(c1)OCO2)CN1Cc2ccccc2CC1C(=O)N1CCCCC1. The molecule has 1 amide bonds. The van der Waals surface area contributed by atoms with Gasteiger partial charge < -0.3 is 14.4 Å². The van der Waals surface area contributed by atoms with Crippen molar-refractivity contribution in [1.29, 1.82) is 0 Å². The van der Waals surface area contributed by atoms with Crippen LogP contribution in [0.3, 0.4) is 0 Å². The van der Waals surface area contributed by atoms with Crippen LogP contribution >= 0.6 is 0 Å². The molecule has 2 atom stereocenters. The molecule has 0 bridgehead atoms. The highest BCUT2D eigenvalue weighted by Crippen LogP contribution is 2.33. The van der Waals surface area contributed by atoms with Crippen LogP contribution in [0.2, 0.25) is 0 Å². The summed E-state index contributed by atoms with van der Waals surface area (Å²) in [4.78, 5) is 18.0. The highest BCUT2D eigenvalue weighted by molar-refractivity contribution is 5.82. The standard InChI is InChI=1S/C26H32N2O3/c1-19(13-20-9-10-24-25(14-20)31-18-30-24)16-28-17-22-8-4-3-7-21(22)15-23(28)26(29)27-11-5-2-6-12-27/h3-4,7-10,14,19,23H,2,5-6,11-13,15-18H2,1H3. The van der Waals surface area contributed by atoms with Crippen LogP contribution in [0.25, 0.3) is 0 Å². The molecule has 0 spiro atoms. The van der Waals surface area contributed by atoms with Crippen LogP contribution in [-0.4, -0.2) is 48.2 Å². The van der Waals surface area contributed by atoms with Gasteiger partial charge >= 0.3 is 0 Å². The molecule has 31 heavy (non-hydrogen) atoms. The average Bonchev–Trinajstić information content (AvgIpc) is 3.26. The summed E-state index contributed by atoms with van der Waals surface area (Å²) in [5.74, 6) is 2.43. The number of benzene rings is 2. The van der Waals surface area contributed by atoms with E-state index in [9.17, 15) is 4.79 Å². The van der Waals surface area contributed by atoms with Crippen molar-refractivity contribution in [3.63, 3.8) is 0 Å². The molecule has 5 rings (SSSR count). The summed E-state index contributed by atoms with van der Waals surface area (Å²) in [5, 5.41) is 0. The first kappa shape index (κ1) is 20.4. The summed E-state index contributed by atoms with van der Waals surface area (Å²) in [6.45, 7) is 6.18. The number of likely N-dealkylation sites (tertiary alicyclic amines) is 1. The molecule has 3 aliphatic heterocycles. The highest BCUT2D eigenvalue weighted by atomic mass is 16.7. The Kier molecular flexibility index (Phi) is 5.86. The van der Waals surface area contributed by atoms with Gasteiger partial charge in [-0.1, -0.05) is 37.3 Å². The van der Waals surface area contributed by atoms with Crippen molar-refractivity contribution in [2.45, 2.75) is 51.6 Å². The monoisotopic (exact) mass is 420 g/mol. The first-order chi connectivity index (χ1) is 15.2. The molecule has 0 radical (unpaired) electrons. The molecule has 5 heteroatoms. The average molecular weight is 421 g/mol. The van der Waals surface area contributed by atoms with Crippen LogP contribution in [0.15, 0.2) is 42.5 Å². The Bertz CT molecular complexity index is 938. The van der Waals surface area contributed by atoms with Gasteiger partial charge in [-0.3, -0.25) is 9.69 Å². The van der Waals surface area contributed by atoms with Crippen molar-refractivity contribution in [2.24, 2.45) is 5.92 Å². The maximum atomic E-state index is 13.5. The van der Waals surface area contributed by atoms with Crippen molar-refractivity contribution in [2.75, 3.05) is 26.4 Å². The molecular weight excluding hydrogens is 388 g/mol. The molecule has 1 fully saturated rings. The van der Waals surface area contributed by atoms with Crippen molar-refractivity contribution in [3.05, 3.63) is 59.2 Å². The minimum Gasteiger partial charge on any atom is -0.454 e. The van der Waals surface area contributed by atoms with Gasteiger partial charge in [-0.25, -0.2) is 0 Å². The zero-order valence-corrected chi connectivity index (χ0v) is 18.4. The van der Waals surface area contributed by atoms with Crippen molar-refractivity contribution in [3.8, 4) is 11.5 Å². The summed E-state index contributed by atoms with van der Waals surface area (Å²) in [6, 6.07) is 14.8. The first-order valence-corrected chi connectivity index (χ1v) is 11.7. The van der Waals surface area contributed by atoms with Gasteiger partial charge in [0, 0.05) is 26.2 Å². The minimum atomic E-state index is -0.0489. The second kappa shape index (κ2) is 8.91. The van der Waals surface area contributed by atoms with Crippen LogP contribution < -0.4 is 9.47 Å². The van der Waals surface area contributed by atoms with E-state index in [0.29, 0.717) is 18.6 Å². The van der Waals surface area contributed by atoms with Crippen molar-refractivity contribution >= 4 is 5.91 Å². The predicted molar refractivity (Wildman–Crippen MR) is 120 cm³/mol. The number of hydrogen-bond acceptors (Lipinski definition) is 4. The molecule has 1 saturated heterocycles. The lowest BCUT2D eigenvalue weighted by Gasteiger charge is -2.40. The molecule has 0 aliphatic carbocycles. The summed E-state index contributed by atoms with van der Waals surface area (Å²) in [7, 11) is 0. The van der Waals surface area contributed by atoms with Gasteiger partial charge in [0.1, 0.15) is 0 Å². The fraction of sp³-hybridized carbons (Fsp3) is 0.500. The van der Waals surface area contributed by atoms with Gasteiger partial charge in [-0.05, 0) is 66.8 Å². The van der Waals surface area contributed by atoms with Gasteiger partial charge in [0.2, 0.25) is 12.7 Å².